The largest absolute Gasteiger partial charge is 0.495 e. The molecule has 0 saturated carbocycles. The first-order chi connectivity index (χ1) is 14.6. The van der Waals surface area contributed by atoms with Crippen molar-refractivity contribution < 1.29 is 13.9 Å². The van der Waals surface area contributed by atoms with Crippen molar-refractivity contribution in [2.75, 3.05) is 43.5 Å². The number of carbonyl (C=O) groups excluding carboxylic acids is 1. The molecule has 1 atom stereocenters. The Morgan fingerprint density at radius 1 is 1.27 bits per heavy atom. The summed E-state index contributed by atoms with van der Waals surface area (Å²) in [6.45, 7) is 4.30. The van der Waals surface area contributed by atoms with Gasteiger partial charge in [-0.3, -0.25) is 4.79 Å². The number of aliphatic imine (C=N–C) groups is 1. The van der Waals surface area contributed by atoms with E-state index in [2.05, 4.69) is 31.9 Å². The molecule has 1 unspecified atom stereocenters. The summed E-state index contributed by atoms with van der Waals surface area (Å²) in [5, 5.41) is 9.22. The number of hydrogen-bond donors (Lipinski definition) is 3. The van der Waals surface area contributed by atoms with Crippen molar-refractivity contribution in [3.8, 4) is 5.75 Å². The van der Waals surface area contributed by atoms with E-state index >= 15 is 0 Å². The molecule has 8 heteroatoms. The van der Waals surface area contributed by atoms with Crippen LogP contribution in [0.25, 0.3) is 0 Å². The number of carbonyl (C=O) groups is 1. The standard InChI is InChI=1S/C22H28FN5O2/c1-3-24-22(25-14-21(29)26-17-8-6-7-16(23)13-17)27-18-11-12-28(15-18)19-9-4-5-10-20(19)30-2/h4-10,13,18H,3,11-12,14-15H2,1-2H3,(H,26,29)(H2,24,25,27). The van der Waals surface area contributed by atoms with Crippen LogP contribution in [0.3, 0.4) is 0 Å². The van der Waals surface area contributed by atoms with E-state index in [9.17, 15) is 9.18 Å². The zero-order chi connectivity index (χ0) is 21.3. The zero-order valence-electron chi connectivity index (χ0n) is 17.3. The second-order valence-electron chi connectivity index (χ2n) is 7.00. The van der Waals surface area contributed by atoms with Crippen molar-refractivity contribution in [1.82, 2.24) is 10.6 Å². The molecule has 1 aliphatic rings. The van der Waals surface area contributed by atoms with Crippen LogP contribution in [0.2, 0.25) is 0 Å². The third kappa shape index (κ3) is 5.85. The molecule has 2 aromatic carbocycles. The Balaban J connectivity index is 1.56. The van der Waals surface area contributed by atoms with E-state index in [1.165, 1.54) is 12.1 Å². The highest BCUT2D eigenvalue weighted by Crippen LogP contribution is 2.30. The fraction of sp³-hybridized carbons (Fsp3) is 0.364. The highest BCUT2D eigenvalue weighted by Gasteiger charge is 2.25. The third-order valence-electron chi connectivity index (χ3n) is 4.79. The Labute approximate surface area is 176 Å². The summed E-state index contributed by atoms with van der Waals surface area (Å²) in [4.78, 5) is 18.8. The topological polar surface area (TPSA) is 78.0 Å². The predicted octanol–water partition coefficient (Wildman–Crippen LogP) is 2.61. The van der Waals surface area contributed by atoms with Gasteiger partial charge in [0.2, 0.25) is 5.91 Å². The van der Waals surface area contributed by atoms with Crippen LogP contribution in [0.15, 0.2) is 53.5 Å². The lowest BCUT2D eigenvalue weighted by molar-refractivity contribution is -0.114. The van der Waals surface area contributed by atoms with Crippen LogP contribution in [0.1, 0.15) is 13.3 Å². The average molecular weight is 413 g/mol. The molecule has 3 rings (SSSR count). The van der Waals surface area contributed by atoms with Crippen LogP contribution >= 0.6 is 0 Å². The van der Waals surface area contributed by atoms with E-state index in [-0.39, 0.29) is 18.5 Å². The Hall–Kier alpha value is -3.29. The van der Waals surface area contributed by atoms with Crippen molar-refractivity contribution in [3.05, 3.63) is 54.3 Å². The summed E-state index contributed by atoms with van der Waals surface area (Å²) < 4.78 is 18.7. The van der Waals surface area contributed by atoms with Crippen molar-refractivity contribution >= 4 is 23.2 Å². The minimum atomic E-state index is -0.396. The highest BCUT2D eigenvalue weighted by atomic mass is 19.1. The molecule has 1 amide bonds. The van der Waals surface area contributed by atoms with E-state index in [0.717, 1.165) is 30.9 Å². The first-order valence-electron chi connectivity index (χ1n) is 10.1. The van der Waals surface area contributed by atoms with Crippen molar-refractivity contribution in [2.24, 2.45) is 4.99 Å². The number of para-hydroxylation sites is 2. The molecule has 0 radical (unpaired) electrons. The van der Waals surface area contributed by atoms with Gasteiger partial charge < -0.3 is 25.6 Å². The van der Waals surface area contributed by atoms with Gasteiger partial charge in [-0.2, -0.15) is 0 Å². The monoisotopic (exact) mass is 413 g/mol. The van der Waals surface area contributed by atoms with Crippen LogP contribution in [-0.2, 0) is 4.79 Å². The minimum absolute atomic E-state index is 0.0607. The number of ether oxygens (including phenoxy) is 1. The number of guanidine groups is 1. The van der Waals surface area contributed by atoms with Gasteiger partial charge in [-0.05, 0) is 43.7 Å². The molecule has 0 aromatic heterocycles. The van der Waals surface area contributed by atoms with Gasteiger partial charge in [0.05, 0.1) is 12.8 Å². The lowest BCUT2D eigenvalue weighted by Gasteiger charge is -2.22. The van der Waals surface area contributed by atoms with Crippen molar-refractivity contribution in [2.45, 2.75) is 19.4 Å². The van der Waals surface area contributed by atoms with E-state index < -0.39 is 5.82 Å². The molecule has 1 aliphatic heterocycles. The number of hydrogen-bond acceptors (Lipinski definition) is 4. The van der Waals surface area contributed by atoms with Crippen LogP contribution in [0.4, 0.5) is 15.8 Å². The molecule has 7 nitrogen and oxygen atoms in total. The Bertz CT molecular complexity index is 889. The van der Waals surface area contributed by atoms with E-state index in [1.54, 1.807) is 19.2 Å². The Morgan fingerprint density at radius 3 is 2.87 bits per heavy atom. The van der Waals surface area contributed by atoms with Gasteiger partial charge in [0, 0.05) is 31.4 Å². The minimum Gasteiger partial charge on any atom is -0.495 e. The second-order valence-corrected chi connectivity index (χ2v) is 7.00. The van der Waals surface area contributed by atoms with Gasteiger partial charge in [-0.15, -0.1) is 0 Å². The smallest absolute Gasteiger partial charge is 0.246 e. The third-order valence-corrected chi connectivity index (χ3v) is 4.79. The molecule has 3 N–H and O–H groups in total. The van der Waals surface area contributed by atoms with Crippen molar-refractivity contribution in [1.29, 1.82) is 0 Å². The highest BCUT2D eigenvalue weighted by molar-refractivity contribution is 5.94. The van der Waals surface area contributed by atoms with Gasteiger partial charge in [-0.25, -0.2) is 9.38 Å². The summed E-state index contributed by atoms with van der Waals surface area (Å²) in [6.07, 6.45) is 0.942. The summed E-state index contributed by atoms with van der Waals surface area (Å²) in [6, 6.07) is 14.0. The van der Waals surface area contributed by atoms with Crippen LogP contribution in [0.5, 0.6) is 5.75 Å². The molecule has 0 bridgehead atoms. The first kappa shape index (κ1) is 21.4. The average Bonchev–Trinajstić information content (AvgIpc) is 3.20. The number of amides is 1. The van der Waals surface area contributed by atoms with Gasteiger partial charge in [0.1, 0.15) is 18.1 Å². The summed E-state index contributed by atoms with van der Waals surface area (Å²) >= 11 is 0. The molecular formula is C22H28FN5O2. The van der Waals surface area contributed by atoms with Crippen LogP contribution in [-0.4, -0.2) is 51.2 Å². The van der Waals surface area contributed by atoms with Gasteiger partial charge in [0.25, 0.3) is 0 Å². The lowest BCUT2D eigenvalue weighted by Crippen LogP contribution is -2.45. The number of benzene rings is 2. The molecule has 160 valence electrons. The van der Waals surface area contributed by atoms with Gasteiger partial charge >= 0.3 is 0 Å². The second kappa shape index (κ2) is 10.5. The fourth-order valence-corrected chi connectivity index (χ4v) is 3.42. The summed E-state index contributed by atoms with van der Waals surface area (Å²) in [5.74, 6) is 0.735. The molecular weight excluding hydrogens is 385 g/mol. The maximum Gasteiger partial charge on any atom is 0.246 e. The predicted molar refractivity (Wildman–Crippen MR) is 118 cm³/mol. The molecule has 2 aromatic rings. The number of anilines is 2. The molecule has 1 fully saturated rings. The van der Waals surface area contributed by atoms with Crippen molar-refractivity contribution in [3.63, 3.8) is 0 Å². The zero-order valence-corrected chi connectivity index (χ0v) is 17.3. The number of nitrogens with zero attached hydrogens (tertiary/aromatic N) is 2. The fourth-order valence-electron chi connectivity index (χ4n) is 3.42. The van der Waals surface area contributed by atoms with E-state index in [0.29, 0.717) is 18.2 Å². The molecule has 1 heterocycles. The van der Waals surface area contributed by atoms with Gasteiger partial charge in [-0.1, -0.05) is 18.2 Å². The van der Waals surface area contributed by atoms with Crippen LogP contribution < -0.4 is 25.6 Å². The maximum absolute atomic E-state index is 13.3. The summed E-state index contributed by atoms with van der Waals surface area (Å²) in [5.41, 5.74) is 1.48. The molecule has 0 aliphatic carbocycles. The number of methoxy groups -OCH3 is 1. The quantitative estimate of drug-likeness (QED) is 0.481. The summed E-state index contributed by atoms with van der Waals surface area (Å²) in [7, 11) is 1.68. The first-order valence-corrected chi connectivity index (χ1v) is 10.1. The molecule has 1 saturated heterocycles. The lowest BCUT2D eigenvalue weighted by atomic mass is 10.2. The Kier molecular flexibility index (Phi) is 7.48. The number of rotatable bonds is 7. The van der Waals surface area contributed by atoms with E-state index in [1.807, 2.05) is 25.1 Å². The maximum atomic E-state index is 13.3. The van der Waals surface area contributed by atoms with Crippen LogP contribution in [0, 0.1) is 5.82 Å². The SMILES string of the molecule is CCNC(=NCC(=O)Nc1cccc(F)c1)NC1CCN(c2ccccc2OC)C1. The van der Waals surface area contributed by atoms with E-state index in [4.69, 9.17) is 4.74 Å². The van der Waals surface area contributed by atoms with Gasteiger partial charge in [0.15, 0.2) is 5.96 Å². The number of nitrogens with one attached hydrogen (secondary N) is 3. The molecule has 30 heavy (non-hydrogen) atoms. The normalized spacial score (nSPS) is 16.3. The number of halogens is 1. The molecule has 0 spiro atoms. The Morgan fingerprint density at radius 2 is 2.10 bits per heavy atom.